The smallest absolute Gasteiger partial charge is 0.124 e. The van der Waals surface area contributed by atoms with Crippen LogP contribution in [0.15, 0.2) is 28.9 Å². The third-order valence-electron chi connectivity index (χ3n) is 2.71. The zero-order valence-electron chi connectivity index (χ0n) is 10.3. The number of nitrogens with zero attached hydrogens (tertiary/aromatic N) is 2. The van der Waals surface area contributed by atoms with Gasteiger partial charge >= 0.3 is 0 Å². The molecule has 0 amide bonds. The van der Waals surface area contributed by atoms with Crippen molar-refractivity contribution in [1.82, 2.24) is 4.98 Å². The molecule has 0 unspecified atom stereocenters. The van der Waals surface area contributed by atoms with E-state index in [1.54, 1.807) is 11.3 Å². The highest BCUT2D eigenvalue weighted by Crippen LogP contribution is 2.32. The second-order valence-corrected chi connectivity index (χ2v) is 6.18. The van der Waals surface area contributed by atoms with Gasteiger partial charge in [-0.2, -0.15) is 5.26 Å². The van der Waals surface area contributed by atoms with E-state index < -0.39 is 0 Å². The van der Waals surface area contributed by atoms with Crippen LogP contribution in [-0.2, 0) is 6.42 Å². The number of halogens is 1. The summed E-state index contributed by atoms with van der Waals surface area (Å²) in [7, 11) is 0. The van der Waals surface area contributed by atoms with Gasteiger partial charge in [-0.3, -0.25) is 0 Å². The van der Waals surface area contributed by atoms with Gasteiger partial charge in [0.15, 0.2) is 0 Å². The molecule has 0 aliphatic rings. The van der Waals surface area contributed by atoms with Crippen LogP contribution in [0, 0.1) is 11.3 Å². The van der Waals surface area contributed by atoms with E-state index in [9.17, 15) is 0 Å². The lowest BCUT2D eigenvalue weighted by molar-refractivity contribution is 0.867. The van der Waals surface area contributed by atoms with Gasteiger partial charge in [0.1, 0.15) is 9.61 Å². The standard InChI is InChI=1S/C14H13BrN2S/c1-9(2)10-3-5-11(6-4-10)14-17-13(15)12(18-14)7-8-16/h3-6,9H,7H2,1-2H3. The minimum Gasteiger partial charge on any atom is -0.229 e. The first-order chi connectivity index (χ1) is 8.61. The Hall–Kier alpha value is -1.18. The number of hydrogen-bond donors (Lipinski definition) is 0. The quantitative estimate of drug-likeness (QED) is 0.817. The molecule has 2 rings (SSSR count). The van der Waals surface area contributed by atoms with E-state index >= 15 is 0 Å². The molecule has 2 nitrogen and oxygen atoms in total. The summed E-state index contributed by atoms with van der Waals surface area (Å²) in [5.74, 6) is 0.538. The monoisotopic (exact) mass is 320 g/mol. The molecule has 0 bridgehead atoms. The Balaban J connectivity index is 2.31. The summed E-state index contributed by atoms with van der Waals surface area (Å²) in [4.78, 5) is 5.44. The van der Waals surface area contributed by atoms with Crippen LogP contribution in [-0.4, -0.2) is 4.98 Å². The lowest BCUT2D eigenvalue weighted by Crippen LogP contribution is -1.86. The van der Waals surface area contributed by atoms with Crippen LogP contribution in [0.25, 0.3) is 10.6 Å². The molecule has 18 heavy (non-hydrogen) atoms. The highest BCUT2D eigenvalue weighted by Gasteiger charge is 2.10. The summed E-state index contributed by atoms with van der Waals surface area (Å²) >= 11 is 4.97. The number of nitriles is 1. The molecular weight excluding hydrogens is 308 g/mol. The van der Waals surface area contributed by atoms with E-state index in [1.807, 2.05) is 0 Å². The Labute approximate surface area is 119 Å². The number of aromatic nitrogens is 1. The highest BCUT2D eigenvalue weighted by molar-refractivity contribution is 9.10. The third-order valence-corrected chi connectivity index (χ3v) is 4.74. The molecule has 4 heteroatoms. The second kappa shape index (κ2) is 5.64. The average Bonchev–Trinajstić information content (AvgIpc) is 2.72. The van der Waals surface area contributed by atoms with E-state index in [1.165, 1.54) is 5.56 Å². The molecule has 1 aromatic carbocycles. The fourth-order valence-electron chi connectivity index (χ4n) is 1.65. The van der Waals surface area contributed by atoms with Crippen molar-refractivity contribution in [1.29, 1.82) is 5.26 Å². The zero-order chi connectivity index (χ0) is 13.1. The first-order valence-electron chi connectivity index (χ1n) is 5.74. The maximum Gasteiger partial charge on any atom is 0.124 e. The minimum atomic E-state index is 0.405. The van der Waals surface area contributed by atoms with Crippen molar-refractivity contribution >= 4 is 27.3 Å². The number of thiazole rings is 1. The minimum absolute atomic E-state index is 0.405. The van der Waals surface area contributed by atoms with Crippen molar-refractivity contribution in [3.8, 4) is 16.6 Å². The lowest BCUT2D eigenvalue weighted by atomic mass is 10.0. The molecule has 0 radical (unpaired) electrons. The van der Waals surface area contributed by atoms with Gasteiger partial charge in [0.05, 0.1) is 17.4 Å². The van der Waals surface area contributed by atoms with E-state index in [-0.39, 0.29) is 0 Å². The molecule has 0 saturated heterocycles. The average molecular weight is 321 g/mol. The van der Waals surface area contributed by atoms with Crippen LogP contribution in [0.2, 0.25) is 0 Å². The van der Waals surface area contributed by atoms with E-state index in [0.717, 1.165) is 20.1 Å². The maximum absolute atomic E-state index is 8.73. The van der Waals surface area contributed by atoms with Gasteiger partial charge in [-0.1, -0.05) is 38.1 Å². The van der Waals surface area contributed by atoms with Crippen molar-refractivity contribution in [3.05, 3.63) is 39.3 Å². The second-order valence-electron chi connectivity index (χ2n) is 4.34. The summed E-state index contributed by atoms with van der Waals surface area (Å²) in [5, 5.41) is 9.69. The van der Waals surface area contributed by atoms with Crippen molar-refractivity contribution in [2.45, 2.75) is 26.2 Å². The summed E-state index contributed by atoms with van der Waals surface area (Å²) in [6.07, 6.45) is 0.405. The molecule has 1 heterocycles. The van der Waals surface area contributed by atoms with Gasteiger partial charge in [-0.15, -0.1) is 11.3 Å². The number of rotatable bonds is 3. The van der Waals surface area contributed by atoms with Gasteiger partial charge in [-0.25, -0.2) is 4.98 Å². The van der Waals surface area contributed by atoms with Crippen LogP contribution in [0.3, 0.4) is 0 Å². The van der Waals surface area contributed by atoms with Gasteiger partial charge in [-0.05, 0) is 27.4 Å². The van der Waals surface area contributed by atoms with Crippen LogP contribution in [0.1, 0.15) is 30.2 Å². The molecule has 92 valence electrons. The van der Waals surface area contributed by atoms with Crippen molar-refractivity contribution in [2.75, 3.05) is 0 Å². The van der Waals surface area contributed by atoms with Crippen molar-refractivity contribution in [2.24, 2.45) is 0 Å². The van der Waals surface area contributed by atoms with Crippen LogP contribution in [0.4, 0.5) is 0 Å². The van der Waals surface area contributed by atoms with E-state index in [0.29, 0.717) is 12.3 Å². The summed E-state index contributed by atoms with van der Waals surface area (Å²) in [5.41, 5.74) is 2.43. The summed E-state index contributed by atoms with van der Waals surface area (Å²) < 4.78 is 0.789. The lowest BCUT2D eigenvalue weighted by Gasteiger charge is -2.05. The van der Waals surface area contributed by atoms with Gasteiger partial charge in [0, 0.05) is 5.56 Å². The van der Waals surface area contributed by atoms with Crippen molar-refractivity contribution in [3.63, 3.8) is 0 Å². The molecular formula is C14H13BrN2S. The molecule has 0 aliphatic carbocycles. The zero-order valence-corrected chi connectivity index (χ0v) is 12.7. The molecule has 0 atom stereocenters. The van der Waals surface area contributed by atoms with E-state index in [4.69, 9.17) is 5.26 Å². The fourth-order valence-corrected chi connectivity index (χ4v) is 3.22. The van der Waals surface area contributed by atoms with Crippen LogP contribution in [0.5, 0.6) is 0 Å². The Morgan fingerprint density at radius 2 is 2.00 bits per heavy atom. The fraction of sp³-hybridized carbons (Fsp3) is 0.286. The predicted octanol–water partition coefficient (Wildman–Crippen LogP) is 4.76. The Bertz CT molecular complexity index is 579. The third kappa shape index (κ3) is 2.80. The Morgan fingerprint density at radius 3 is 2.56 bits per heavy atom. The Kier molecular flexibility index (Phi) is 4.15. The van der Waals surface area contributed by atoms with E-state index in [2.05, 4.69) is 65.1 Å². The number of benzene rings is 1. The summed E-state index contributed by atoms with van der Waals surface area (Å²) in [6, 6.07) is 10.6. The number of hydrogen-bond acceptors (Lipinski definition) is 3. The van der Waals surface area contributed by atoms with Crippen molar-refractivity contribution < 1.29 is 0 Å². The Morgan fingerprint density at radius 1 is 1.33 bits per heavy atom. The summed E-state index contributed by atoms with van der Waals surface area (Å²) in [6.45, 7) is 4.36. The van der Waals surface area contributed by atoms with Crippen LogP contribution < -0.4 is 0 Å². The molecule has 1 aromatic heterocycles. The normalized spacial score (nSPS) is 10.6. The largest absolute Gasteiger partial charge is 0.229 e. The van der Waals surface area contributed by atoms with Crippen LogP contribution >= 0.6 is 27.3 Å². The molecule has 0 spiro atoms. The first-order valence-corrected chi connectivity index (χ1v) is 7.35. The van der Waals surface area contributed by atoms with Gasteiger partial charge in [0.2, 0.25) is 0 Å². The molecule has 0 N–H and O–H groups in total. The molecule has 0 aliphatic heterocycles. The molecule has 2 aromatic rings. The first kappa shape index (κ1) is 13.3. The van der Waals surface area contributed by atoms with Gasteiger partial charge < -0.3 is 0 Å². The highest BCUT2D eigenvalue weighted by atomic mass is 79.9. The predicted molar refractivity (Wildman–Crippen MR) is 78.7 cm³/mol. The molecule has 0 fully saturated rings. The topological polar surface area (TPSA) is 36.7 Å². The molecule has 0 saturated carbocycles. The maximum atomic E-state index is 8.73. The van der Waals surface area contributed by atoms with Gasteiger partial charge in [0.25, 0.3) is 0 Å². The SMILES string of the molecule is CC(C)c1ccc(-c2nc(Br)c(CC#N)s2)cc1.